The van der Waals surface area contributed by atoms with E-state index in [4.69, 9.17) is 0 Å². The highest BCUT2D eigenvalue weighted by atomic mass is 19.1. The van der Waals surface area contributed by atoms with Crippen molar-refractivity contribution in [2.75, 3.05) is 13.1 Å². The molecule has 1 aromatic rings. The first kappa shape index (κ1) is 13.2. The van der Waals surface area contributed by atoms with E-state index < -0.39 is 0 Å². The lowest BCUT2D eigenvalue weighted by atomic mass is 10.1. The molecule has 2 aliphatic rings. The predicted octanol–water partition coefficient (Wildman–Crippen LogP) is 1.48. The molecule has 1 aromatic carbocycles. The number of carbonyl (C=O) groups excluding carboxylic acids is 2. The molecule has 3 unspecified atom stereocenters. The molecule has 1 heterocycles. The van der Waals surface area contributed by atoms with Crippen molar-refractivity contribution in [1.82, 2.24) is 10.2 Å². The van der Waals surface area contributed by atoms with Crippen LogP contribution in [0.3, 0.4) is 0 Å². The number of halogens is 1. The van der Waals surface area contributed by atoms with Gasteiger partial charge in [-0.3, -0.25) is 14.5 Å². The number of carbonyl (C=O) groups is 2. The van der Waals surface area contributed by atoms with Crippen LogP contribution in [0.2, 0.25) is 0 Å². The number of hydrogen-bond acceptors (Lipinski definition) is 3. The first-order chi connectivity index (χ1) is 9.63. The molecule has 1 aliphatic carbocycles. The summed E-state index contributed by atoms with van der Waals surface area (Å²) in [5.74, 6) is -0.725. The Morgan fingerprint density at radius 2 is 1.95 bits per heavy atom. The molecule has 4 nitrogen and oxygen atoms in total. The summed E-state index contributed by atoms with van der Waals surface area (Å²) in [5.41, 5.74) is 0.496. The normalized spacial score (nSPS) is 25.8. The minimum atomic E-state index is -0.355. The second-order valence-electron chi connectivity index (χ2n) is 5.37. The van der Waals surface area contributed by atoms with Gasteiger partial charge in [-0.25, -0.2) is 4.39 Å². The summed E-state index contributed by atoms with van der Waals surface area (Å²) in [7, 11) is 0. The summed E-state index contributed by atoms with van der Waals surface area (Å²) in [4.78, 5) is 25.3. The predicted molar refractivity (Wildman–Crippen MR) is 71.1 cm³/mol. The largest absolute Gasteiger partial charge is 0.309 e. The molecule has 106 valence electrons. The van der Waals surface area contributed by atoms with Gasteiger partial charge in [0.15, 0.2) is 0 Å². The lowest BCUT2D eigenvalue weighted by Gasteiger charge is -2.25. The van der Waals surface area contributed by atoms with Crippen molar-refractivity contribution < 1.29 is 14.0 Å². The second-order valence-corrected chi connectivity index (χ2v) is 5.37. The maximum Gasteiger partial charge on any atom is 0.233 e. The molecule has 3 rings (SSSR count). The van der Waals surface area contributed by atoms with Crippen molar-refractivity contribution in [1.29, 1.82) is 0 Å². The standard InChI is InChI=1S/C15H17FN2O2/c1-2-17-13(9-5-3-4-6-12(9)16)8-18-14(19)10-7-11(10)15(18)20/h3-6,10-11,13,17H,2,7-8H2,1H3. The Morgan fingerprint density at radius 1 is 1.30 bits per heavy atom. The molecule has 1 aliphatic heterocycles. The Labute approximate surface area is 117 Å². The number of nitrogens with zero attached hydrogens (tertiary/aromatic N) is 1. The quantitative estimate of drug-likeness (QED) is 0.829. The van der Waals surface area contributed by atoms with Crippen LogP contribution in [0.25, 0.3) is 0 Å². The summed E-state index contributed by atoms with van der Waals surface area (Å²) in [5, 5.41) is 3.15. The average Bonchev–Trinajstić information content (AvgIpc) is 3.19. The number of amides is 2. The number of piperidine rings is 1. The van der Waals surface area contributed by atoms with Crippen molar-refractivity contribution in [3.8, 4) is 0 Å². The fourth-order valence-corrected chi connectivity index (χ4v) is 2.89. The van der Waals surface area contributed by atoms with E-state index in [0.717, 1.165) is 0 Å². The molecule has 2 fully saturated rings. The van der Waals surface area contributed by atoms with Gasteiger partial charge >= 0.3 is 0 Å². The topological polar surface area (TPSA) is 49.4 Å². The van der Waals surface area contributed by atoms with Gasteiger partial charge in [-0.15, -0.1) is 0 Å². The summed E-state index contributed by atoms with van der Waals surface area (Å²) in [6, 6.07) is 6.11. The maximum absolute atomic E-state index is 13.9. The van der Waals surface area contributed by atoms with Gasteiger partial charge in [0.05, 0.1) is 17.9 Å². The highest BCUT2D eigenvalue weighted by Crippen LogP contribution is 2.47. The van der Waals surface area contributed by atoms with Crippen molar-refractivity contribution in [2.24, 2.45) is 11.8 Å². The van der Waals surface area contributed by atoms with Gasteiger partial charge in [0.1, 0.15) is 5.82 Å². The van der Waals surface area contributed by atoms with E-state index >= 15 is 0 Å². The smallest absolute Gasteiger partial charge is 0.233 e. The number of likely N-dealkylation sites (tertiary alicyclic amines) is 1. The van der Waals surface area contributed by atoms with Gasteiger partial charge in [0.2, 0.25) is 11.8 Å². The Kier molecular flexibility index (Phi) is 3.30. The van der Waals surface area contributed by atoms with Crippen LogP contribution < -0.4 is 5.32 Å². The van der Waals surface area contributed by atoms with Crippen molar-refractivity contribution in [3.05, 3.63) is 35.6 Å². The van der Waals surface area contributed by atoms with Crippen LogP contribution in [0, 0.1) is 17.7 Å². The van der Waals surface area contributed by atoms with Gasteiger partial charge in [0.25, 0.3) is 0 Å². The molecule has 0 radical (unpaired) electrons. The fraction of sp³-hybridized carbons (Fsp3) is 0.467. The van der Waals surface area contributed by atoms with E-state index in [1.165, 1.54) is 11.0 Å². The molecule has 3 atom stereocenters. The number of hydrogen-bond donors (Lipinski definition) is 1. The van der Waals surface area contributed by atoms with Crippen molar-refractivity contribution >= 4 is 11.8 Å². The summed E-state index contributed by atoms with van der Waals surface area (Å²) >= 11 is 0. The number of nitrogens with one attached hydrogen (secondary N) is 1. The first-order valence-electron chi connectivity index (χ1n) is 6.96. The Morgan fingerprint density at radius 3 is 2.55 bits per heavy atom. The average molecular weight is 276 g/mol. The van der Waals surface area contributed by atoms with Crippen molar-refractivity contribution in [2.45, 2.75) is 19.4 Å². The van der Waals surface area contributed by atoms with Crippen LogP contribution in [-0.2, 0) is 9.59 Å². The molecule has 2 amide bonds. The highest BCUT2D eigenvalue weighted by molar-refractivity contribution is 6.08. The fourth-order valence-electron chi connectivity index (χ4n) is 2.89. The van der Waals surface area contributed by atoms with Crippen LogP contribution >= 0.6 is 0 Å². The van der Waals surface area contributed by atoms with E-state index in [2.05, 4.69) is 5.32 Å². The highest BCUT2D eigenvalue weighted by Gasteiger charge is 2.58. The number of rotatable bonds is 5. The zero-order valence-electron chi connectivity index (χ0n) is 11.3. The van der Waals surface area contributed by atoms with Crippen LogP contribution in [0.5, 0.6) is 0 Å². The third-order valence-electron chi connectivity index (χ3n) is 4.05. The van der Waals surface area contributed by atoms with Crippen molar-refractivity contribution in [3.63, 3.8) is 0 Å². The number of imide groups is 1. The Balaban J connectivity index is 1.80. The van der Waals surface area contributed by atoms with Gasteiger partial charge < -0.3 is 5.32 Å². The molecule has 0 spiro atoms. The monoisotopic (exact) mass is 276 g/mol. The van der Waals surface area contributed by atoms with Crippen LogP contribution in [0.4, 0.5) is 4.39 Å². The number of fused-ring (bicyclic) bond motifs is 1. The molecule has 5 heteroatoms. The van der Waals surface area contributed by atoms with Gasteiger partial charge in [-0.1, -0.05) is 25.1 Å². The van der Waals surface area contributed by atoms with E-state index in [1.807, 2.05) is 6.92 Å². The summed E-state index contributed by atoms with van der Waals surface area (Å²) in [6.07, 6.45) is 0.694. The second kappa shape index (κ2) is 4.98. The van der Waals surface area contributed by atoms with Crippen LogP contribution in [0.15, 0.2) is 24.3 Å². The third-order valence-corrected chi connectivity index (χ3v) is 4.05. The lowest BCUT2D eigenvalue weighted by molar-refractivity contribution is -0.141. The minimum Gasteiger partial charge on any atom is -0.309 e. The van der Waals surface area contributed by atoms with Gasteiger partial charge in [-0.05, 0) is 19.0 Å². The molecular weight excluding hydrogens is 259 g/mol. The SMILES string of the molecule is CCNC(CN1C(=O)C2CC2C1=O)c1ccccc1F. The number of likely N-dealkylation sites (N-methyl/N-ethyl adjacent to an activating group) is 1. The Hall–Kier alpha value is -1.75. The molecule has 0 aromatic heterocycles. The van der Waals surface area contributed by atoms with E-state index in [0.29, 0.717) is 18.5 Å². The number of benzene rings is 1. The summed E-state index contributed by atoms with van der Waals surface area (Å²) < 4.78 is 13.9. The van der Waals surface area contributed by atoms with E-state index in [1.54, 1.807) is 18.2 Å². The van der Waals surface area contributed by atoms with E-state index in [-0.39, 0.29) is 42.1 Å². The van der Waals surface area contributed by atoms with Crippen LogP contribution in [0.1, 0.15) is 24.9 Å². The molecular formula is C15H17FN2O2. The minimum absolute atomic E-state index is 0.0979. The molecule has 1 saturated carbocycles. The zero-order valence-corrected chi connectivity index (χ0v) is 11.3. The zero-order chi connectivity index (χ0) is 14.3. The maximum atomic E-state index is 13.9. The molecule has 20 heavy (non-hydrogen) atoms. The summed E-state index contributed by atoms with van der Waals surface area (Å²) in [6.45, 7) is 2.76. The Bertz CT molecular complexity index is 541. The molecule has 0 bridgehead atoms. The van der Waals surface area contributed by atoms with E-state index in [9.17, 15) is 14.0 Å². The lowest BCUT2D eigenvalue weighted by Crippen LogP contribution is -2.40. The third kappa shape index (κ3) is 2.12. The molecule has 1 saturated heterocycles. The van der Waals surface area contributed by atoms with Crippen LogP contribution in [-0.4, -0.2) is 29.8 Å². The first-order valence-corrected chi connectivity index (χ1v) is 6.96. The van der Waals surface area contributed by atoms with Gasteiger partial charge in [-0.2, -0.15) is 0 Å². The molecule has 1 N–H and O–H groups in total. The van der Waals surface area contributed by atoms with Gasteiger partial charge in [0, 0.05) is 12.1 Å².